The van der Waals surface area contributed by atoms with Gasteiger partial charge in [0.2, 0.25) is 0 Å². The molecular formula is C12H28N2O2Si. The number of hydrogen-bond donors (Lipinski definition) is 0. The number of likely N-dealkylation sites (N-methyl/N-ethyl adjacent to an activating group) is 2. The van der Waals surface area contributed by atoms with Crippen LogP contribution in [0.25, 0.3) is 0 Å². The molecule has 1 unspecified atom stereocenters. The van der Waals surface area contributed by atoms with Crippen molar-refractivity contribution in [2.45, 2.75) is 30.8 Å². The SMILES string of the molecule is COC(OC)[SiH2]CCCC1CN(C)CCN1C. The van der Waals surface area contributed by atoms with Gasteiger partial charge in [-0.15, -0.1) is 0 Å². The zero-order valence-corrected chi connectivity index (χ0v) is 13.2. The highest BCUT2D eigenvalue weighted by atomic mass is 28.2. The molecule has 0 N–H and O–H groups in total. The zero-order chi connectivity index (χ0) is 12.7. The van der Waals surface area contributed by atoms with E-state index in [1.807, 2.05) is 0 Å². The van der Waals surface area contributed by atoms with Crippen LogP contribution in [0.4, 0.5) is 0 Å². The van der Waals surface area contributed by atoms with Crippen molar-refractivity contribution < 1.29 is 9.47 Å². The summed E-state index contributed by atoms with van der Waals surface area (Å²) in [6.45, 7) is 3.63. The van der Waals surface area contributed by atoms with Crippen LogP contribution in [0.15, 0.2) is 0 Å². The highest BCUT2D eigenvalue weighted by Crippen LogP contribution is 2.13. The van der Waals surface area contributed by atoms with Crippen molar-refractivity contribution in [3.05, 3.63) is 0 Å². The van der Waals surface area contributed by atoms with Gasteiger partial charge in [0.05, 0.1) is 9.52 Å². The topological polar surface area (TPSA) is 24.9 Å². The maximum atomic E-state index is 5.25. The van der Waals surface area contributed by atoms with Crippen molar-refractivity contribution >= 4 is 9.52 Å². The third-order valence-electron chi connectivity index (χ3n) is 3.73. The van der Waals surface area contributed by atoms with Crippen LogP contribution >= 0.6 is 0 Å². The molecule has 0 aromatic rings. The average Bonchev–Trinajstić information content (AvgIpc) is 2.33. The lowest BCUT2D eigenvalue weighted by atomic mass is 10.1. The highest BCUT2D eigenvalue weighted by Gasteiger charge is 2.21. The van der Waals surface area contributed by atoms with E-state index in [4.69, 9.17) is 9.47 Å². The van der Waals surface area contributed by atoms with Crippen LogP contribution in [0.2, 0.25) is 6.04 Å². The van der Waals surface area contributed by atoms with Gasteiger partial charge in [0.15, 0.2) is 0 Å². The van der Waals surface area contributed by atoms with Crippen molar-refractivity contribution in [2.75, 3.05) is 47.9 Å². The summed E-state index contributed by atoms with van der Waals surface area (Å²) in [6.07, 6.45) is 2.63. The smallest absolute Gasteiger partial charge is 0.134 e. The Labute approximate surface area is 108 Å². The van der Waals surface area contributed by atoms with E-state index in [0.717, 1.165) is 6.04 Å². The first-order chi connectivity index (χ1) is 8.17. The normalized spacial score (nSPS) is 24.2. The monoisotopic (exact) mass is 260 g/mol. The van der Waals surface area contributed by atoms with Crippen molar-refractivity contribution in [1.29, 1.82) is 0 Å². The molecule has 0 aromatic carbocycles. The fourth-order valence-corrected chi connectivity index (χ4v) is 3.82. The molecule has 1 aliphatic heterocycles. The van der Waals surface area contributed by atoms with Gasteiger partial charge in [-0.3, -0.25) is 0 Å². The van der Waals surface area contributed by atoms with E-state index in [9.17, 15) is 0 Å². The average molecular weight is 260 g/mol. The van der Waals surface area contributed by atoms with Gasteiger partial charge in [0.1, 0.15) is 5.91 Å². The minimum Gasteiger partial charge on any atom is -0.360 e. The van der Waals surface area contributed by atoms with Gasteiger partial charge in [-0.05, 0) is 20.5 Å². The lowest BCUT2D eigenvalue weighted by molar-refractivity contribution is -0.0441. The summed E-state index contributed by atoms with van der Waals surface area (Å²) >= 11 is 0. The molecule has 1 atom stereocenters. The van der Waals surface area contributed by atoms with Crippen molar-refractivity contribution in [3.8, 4) is 0 Å². The number of ether oxygens (including phenoxy) is 2. The Morgan fingerprint density at radius 3 is 2.59 bits per heavy atom. The lowest BCUT2D eigenvalue weighted by Crippen LogP contribution is -2.49. The molecule has 0 aliphatic carbocycles. The Hall–Kier alpha value is 0.0569. The second-order valence-corrected chi connectivity index (χ2v) is 7.03. The second-order valence-electron chi connectivity index (χ2n) is 5.08. The number of rotatable bonds is 7. The van der Waals surface area contributed by atoms with E-state index >= 15 is 0 Å². The molecule has 0 saturated carbocycles. The first-order valence-corrected chi connectivity index (χ1v) is 8.43. The Balaban J connectivity index is 2.12. The van der Waals surface area contributed by atoms with E-state index in [2.05, 4.69) is 23.9 Å². The molecule has 1 saturated heterocycles. The van der Waals surface area contributed by atoms with E-state index in [0.29, 0.717) is 0 Å². The van der Waals surface area contributed by atoms with Gasteiger partial charge in [0, 0.05) is 39.9 Å². The molecule has 5 heteroatoms. The van der Waals surface area contributed by atoms with E-state index in [1.165, 1.54) is 38.5 Å². The minimum absolute atomic E-state index is 0.113. The van der Waals surface area contributed by atoms with E-state index in [-0.39, 0.29) is 15.4 Å². The summed E-state index contributed by atoms with van der Waals surface area (Å²) < 4.78 is 10.5. The fourth-order valence-electron chi connectivity index (χ4n) is 2.44. The molecule has 1 heterocycles. The zero-order valence-electron chi connectivity index (χ0n) is 11.8. The molecule has 4 nitrogen and oxygen atoms in total. The molecular weight excluding hydrogens is 232 g/mol. The van der Waals surface area contributed by atoms with Crippen LogP contribution in [0.5, 0.6) is 0 Å². The Kier molecular flexibility index (Phi) is 7.30. The summed E-state index contributed by atoms with van der Waals surface area (Å²) in [5.74, 6) is 0.113. The summed E-state index contributed by atoms with van der Waals surface area (Å²) in [5, 5.41) is 0. The van der Waals surface area contributed by atoms with Crippen LogP contribution in [0.3, 0.4) is 0 Å². The molecule has 0 radical (unpaired) electrons. The maximum Gasteiger partial charge on any atom is 0.134 e. The van der Waals surface area contributed by atoms with Gasteiger partial charge < -0.3 is 19.3 Å². The molecule has 1 fully saturated rings. The Bertz CT molecular complexity index is 203. The number of nitrogens with zero attached hydrogens (tertiary/aromatic N) is 2. The first-order valence-electron chi connectivity index (χ1n) is 6.61. The third-order valence-corrected chi connectivity index (χ3v) is 5.78. The van der Waals surface area contributed by atoms with Crippen molar-refractivity contribution in [2.24, 2.45) is 0 Å². The van der Waals surface area contributed by atoms with Crippen LogP contribution in [0, 0.1) is 0 Å². The first kappa shape index (κ1) is 15.1. The van der Waals surface area contributed by atoms with Gasteiger partial charge in [-0.1, -0.05) is 12.5 Å². The number of hydrogen-bond acceptors (Lipinski definition) is 4. The van der Waals surface area contributed by atoms with Crippen LogP contribution in [0.1, 0.15) is 12.8 Å². The van der Waals surface area contributed by atoms with Gasteiger partial charge in [0.25, 0.3) is 0 Å². The van der Waals surface area contributed by atoms with Crippen molar-refractivity contribution in [1.82, 2.24) is 9.80 Å². The summed E-state index contributed by atoms with van der Waals surface area (Å²) in [4.78, 5) is 4.95. The van der Waals surface area contributed by atoms with Crippen molar-refractivity contribution in [3.63, 3.8) is 0 Å². The molecule has 1 rings (SSSR count). The molecule has 0 aromatic heterocycles. The minimum atomic E-state index is -0.228. The summed E-state index contributed by atoms with van der Waals surface area (Å²) in [5.41, 5.74) is 0. The number of piperazine rings is 1. The molecule has 102 valence electrons. The molecule has 0 spiro atoms. The predicted octanol–water partition coefficient (Wildman–Crippen LogP) is 0.176. The highest BCUT2D eigenvalue weighted by molar-refractivity contribution is 6.36. The molecule has 1 aliphatic rings. The lowest BCUT2D eigenvalue weighted by Gasteiger charge is -2.37. The van der Waals surface area contributed by atoms with Crippen LogP contribution in [-0.2, 0) is 9.47 Å². The molecule has 0 bridgehead atoms. The van der Waals surface area contributed by atoms with Crippen LogP contribution in [-0.4, -0.2) is 79.2 Å². The van der Waals surface area contributed by atoms with Crippen LogP contribution < -0.4 is 0 Å². The standard InChI is InChI=1S/C12H28N2O2Si/c1-13-7-8-14(2)11(10-13)6-5-9-17-12(15-3)16-4/h11-12H,5-10,17H2,1-4H3. The van der Waals surface area contributed by atoms with Gasteiger partial charge >= 0.3 is 0 Å². The van der Waals surface area contributed by atoms with Gasteiger partial charge in [-0.2, -0.15) is 0 Å². The Morgan fingerprint density at radius 1 is 1.24 bits per heavy atom. The maximum absolute atomic E-state index is 5.25. The van der Waals surface area contributed by atoms with E-state index < -0.39 is 0 Å². The number of methoxy groups -OCH3 is 2. The fraction of sp³-hybridized carbons (Fsp3) is 1.00. The molecule has 17 heavy (non-hydrogen) atoms. The third kappa shape index (κ3) is 5.48. The quantitative estimate of drug-likeness (QED) is 0.370. The summed E-state index contributed by atoms with van der Waals surface area (Å²) in [7, 11) is 7.73. The predicted molar refractivity (Wildman–Crippen MR) is 74.3 cm³/mol. The largest absolute Gasteiger partial charge is 0.360 e. The summed E-state index contributed by atoms with van der Waals surface area (Å²) in [6, 6.07) is 2.06. The van der Waals surface area contributed by atoms with E-state index in [1.54, 1.807) is 14.2 Å². The van der Waals surface area contributed by atoms with Gasteiger partial charge in [-0.25, -0.2) is 0 Å². The second kappa shape index (κ2) is 8.21. The molecule has 0 amide bonds. The Morgan fingerprint density at radius 2 is 1.94 bits per heavy atom.